The first-order valence-electron chi connectivity index (χ1n) is 3.37. The van der Waals surface area contributed by atoms with Crippen LogP contribution in [-0.2, 0) is 16.5 Å². The molecule has 0 bridgehead atoms. The third-order valence-electron chi connectivity index (χ3n) is 1.55. The zero-order valence-corrected chi connectivity index (χ0v) is 8.01. The maximum atomic E-state index is 5.01. The second-order valence-electron chi connectivity index (χ2n) is 2.25. The lowest BCUT2D eigenvalue weighted by Gasteiger charge is -2.11. The minimum atomic E-state index is -0.469. The Labute approximate surface area is 75.3 Å². The highest BCUT2D eigenvalue weighted by molar-refractivity contribution is 7.71. The molecule has 0 saturated heterocycles. The summed E-state index contributed by atoms with van der Waals surface area (Å²) in [5.74, 6) is 0.630. The zero-order valence-electron chi connectivity index (χ0n) is 7.20. The van der Waals surface area contributed by atoms with Crippen LogP contribution in [0.5, 0.6) is 0 Å². The predicted octanol–water partition coefficient (Wildman–Crippen LogP) is 0.769. The van der Waals surface area contributed by atoms with Gasteiger partial charge in [0.25, 0.3) is 0 Å². The van der Waals surface area contributed by atoms with Crippen molar-refractivity contribution >= 4 is 12.2 Å². The number of hydrogen-bond acceptors (Lipinski definition) is 4. The molecule has 1 aromatic heterocycles. The molecule has 1 rings (SSSR count). The number of rotatable bonds is 3. The summed E-state index contributed by atoms with van der Waals surface area (Å²) >= 11 is 4.92. The maximum Gasteiger partial charge on any atom is 0.218 e. The number of ether oxygens (including phenoxy) is 2. The molecule has 0 aliphatic carbocycles. The van der Waals surface area contributed by atoms with Gasteiger partial charge in [-0.25, -0.2) is 0 Å². The Hall–Kier alpha value is -0.720. The van der Waals surface area contributed by atoms with Crippen molar-refractivity contribution in [3.8, 4) is 0 Å². The fraction of sp³-hybridized carbons (Fsp3) is 0.667. The molecule has 0 fully saturated rings. The largest absolute Gasteiger partial charge is 0.349 e. The van der Waals surface area contributed by atoms with E-state index in [4.69, 9.17) is 21.7 Å². The summed E-state index contributed by atoms with van der Waals surface area (Å²) < 4.78 is 12.3. The van der Waals surface area contributed by atoms with Gasteiger partial charge in [-0.1, -0.05) is 0 Å². The molecule has 1 N–H and O–H groups in total. The Balaban J connectivity index is 3.01. The van der Waals surface area contributed by atoms with Crippen LogP contribution < -0.4 is 0 Å². The highest BCUT2D eigenvalue weighted by Gasteiger charge is 2.14. The molecule has 0 atom stereocenters. The predicted molar refractivity (Wildman–Crippen MR) is 45.2 cm³/mol. The smallest absolute Gasteiger partial charge is 0.218 e. The van der Waals surface area contributed by atoms with Crippen LogP contribution in [0.15, 0.2) is 0 Å². The number of methoxy groups -OCH3 is 2. The average Bonchev–Trinajstić information content (AvgIpc) is 2.38. The minimum Gasteiger partial charge on any atom is -0.349 e. The number of H-pyrrole nitrogens is 1. The number of hydrogen-bond donors (Lipinski definition) is 1. The van der Waals surface area contributed by atoms with Crippen LogP contribution >= 0.6 is 12.2 Å². The first kappa shape index (κ1) is 9.37. The molecule has 1 heterocycles. The molecule has 0 amide bonds. The Morgan fingerprint density at radius 3 is 2.42 bits per heavy atom. The summed E-state index contributed by atoms with van der Waals surface area (Å²) in [6, 6.07) is 0. The van der Waals surface area contributed by atoms with Crippen molar-refractivity contribution in [2.45, 2.75) is 6.29 Å². The van der Waals surface area contributed by atoms with E-state index in [9.17, 15) is 0 Å². The number of aromatic amines is 1. The van der Waals surface area contributed by atoms with Gasteiger partial charge in [-0.05, 0) is 12.2 Å². The monoisotopic (exact) mass is 189 g/mol. The van der Waals surface area contributed by atoms with Crippen molar-refractivity contribution < 1.29 is 9.47 Å². The van der Waals surface area contributed by atoms with Gasteiger partial charge in [-0.3, -0.25) is 5.10 Å². The van der Waals surface area contributed by atoms with E-state index in [1.807, 2.05) is 0 Å². The fourth-order valence-electron chi connectivity index (χ4n) is 0.877. The van der Waals surface area contributed by atoms with Gasteiger partial charge in [0.15, 0.2) is 10.6 Å². The molecule has 0 radical (unpaired) electrons. The van der Waals surface area contributed by atoms with E-state index in [2.05, 4.69) is 10.2 Å². The second-order valence-corrected chi connectivity index (χ2v) is 2.64. The molecule has 6 heteroatoms. The topological polar surface area (TPSA) is 52.1 Å². The lowest BCUT2D eigenvalue weighted by atomic mass is 10.6. The molecule has 5 nitrogen and oxygen atoms in total. The van der Waals surface area contributed by atoms with Gasteiger partial charge in [-0.2, -0.15) is 5.10 Å². The highest BCUT2D eigenvalue weighted by atomic mass is 32.1. The van der Waals surface area contributed by atoms with E-state index in [-0.39, 0.29) is 0 Å². The van der Waals surface area contributed by atoms with Gasteiger partial charge in [0.2, 0.25) is 6.29 Å². The van der Waals surface area contributed by atoms with Crippen LogP contribution in [-0.4, -0.2) is 29.0 Å². The van der Waals surface area contributed by atoms with Crippen LogP contribution in [0.3, 0.4) is 0 Å². The van der Waals surface area contributed by atoms with Gasteiger partial charge in [0, 0.05) is 21.3 Å². The van der Waals surface area contributed by atoms with Crippen LogP contribution in [0.4, 0.5) is 0 Å². The molecule has 0 aliphatic heterocycles. The quantitative estimate of drug-likeness (QED) is 0.563. The summed E-state index contributed by atoms with van der Waals surface area (Å²) in [4.78, 5) is 0. The third-order valence-corrected chi connectivity index (χ3v) is 1.92. The summed E-state index contributed by atoms with van der Waals surface area (Å²) in [6.45, 7) is 0. The fourth-order valence-corrected chi connectivity index (χ4v) is 1.02. The van der Waals surface area contributed by atoms with Crippen molar-refractivity contribution in [3.05, 3.63) is 10.6 Å². The second kappa shape index (κ2) is 3.79. The van der Waals surface area contributed by atoms with Crippen molar-refractivity contribution in [3.63, 3.8) is 0 Å². The van der Waals surface area contributed by atoms with Crippen LogP contribution in [0.25, 0.3) is 0 Å². The van der Waals surface area contributed by atoms with Gasteiger partial charge in [0.1, 0.15) is 0 Å². The van der Waals surface area contributed by atoms with Crippen LogP contribution in [0.2, 0.25) is 0 Å². The standard InChI is InChI=1S/C6H11N3O2S/c1-9-4(5(10-2)11-3)7-8-6(9)12/h5H,1-3H3,(H,8,12). The zero-order chi connectivity index (χ0) is 9.14. The summed E-state index contributed by atoms with van der Waals surface area (Å²) in [5, 5.41) is 6.59. The SMILES string of the molecule is COC(OC)c1n[nH]c(=S)n1C. The molecule has 12 heavy (non-hydrogen) atoms. The molecular formula is C6H11N3O2S. The van der Waals surface area contributed by atoms with Crippen LogP contribution in [0, 0.1) is 4.77 Å². The van der Waals surface area contributed by atoms with Crippen molar-refractivity contribution in [2.75, 3.05) is 14.2 Å². The molecular weight excluding hydrogens is 178 g/mol. The molecule has 0 aliphatic rings. The van der Waals surface area contributed by atoms with E-state index in [1.165, 1.54) is 0 Å². The lowest BCUT2D eigenvalue weighted by Crippen LogP contribution is -2.10. The molecule has 0 aromatic carbocycles. The van der Waals surface area contributed by atoms with E-state index >= 15 is 0 Å². The van der Waals surface area contributed by atoms with Gasteiger partial charge >= 0.3 is 0 Å². The molecule has 0 spiro atoms. The van der Waals surface area contributed by atoms with E-state index in [0.717, 1.165) is 0 Å². The molecule has 1 aromatic rings. The van der Waals surface area contributed by atoms with E-state index in [1.54, 1.807) is 25.8 Å². The average molecular weight is 189 g/mol. The Morgan fingerprint density at radius 2 is 2.08 bits per heavy atom. The number of aromatic nitrogens is 3. The maximum absolute atomic E-state index is 5.01. The third kappa shape index (κ3) is 1.55. The van der Waals surface area contributed by atoms with E-state index < -0.39 is 6.29 Å². The summed E-state index contributed by atoms with van der Waals surface area (Å²) in [6.07, 6.45) is -0.469. The Bertz CT molecular complexity index is 302. The van der Waals surface area contributed by atoms with Crippen molar-refractivity contribution in [1.29, 1.82) is 0 Å². The molecule has 68 valence electrons. The van der Waals surface area contributed by atoms with Crippen molar-refractivity contribution in [1.82, 2.24) is 14.8 Å². The lowest BCUT2D eigenvalue weighted by molar-refractivity contribution is -0.113. The Kier molecular flexibility index (Phi) is 2.96. The number of nitrogens with zero attached hydrogens (tertiary/aromatic N) is 2. The minimum absolute atomic E-state index is 0.469. The Morgan fingerprint density at radius 1 is 1.50 bits per heavy atom. The number of nitrogens with one attached hydrogen (secondary N) is 1. The van der Waals surface area contributed by atoms with Gasteiger partial charge < -0.3 is 14.0 Å². The summed E-state index contributed by atoms with van der Waals surface area (Å²) in [7, 11) is 4.89. The van der Waals surface area contributed by atoms with Gasteiger partial charge in [-0.15, -0.1) is 0 Å². The van der Waals surface area contributed by atoms with E-state index in [0.29, 0.717) is 10.6 Å². The first-order valence-corrected chi connectivity index (χ1v) is 3.78. The van der Waals surface area contributed by atoms with Crippen LogP contribution in [0.1, 0.15) is 12.1 Å². The molecule has 0 saturated carbocycles. The van der Waals surface area contributed by atoms with Gasteiger partial charge in [0.05, 0.1) is 0 Å². The normalized spacial score (nSPS) is 11.0. The highest BCUT2D eigenvalue weighted by Crippen LogP contribution is 2.12. The molecule has 0 unspecified atom stereocenters. The van der Waals surface area contributed by atoms with Crippen molar-refractivity contribution in [2.24, 2.45) is 7.05 Å². The first-order chi connectivity index (χ1) is 5.70. The summed E-state index contributed by atoms with van der Waals surface area (Å²) in [5.41, 5.74) is 0.